The number of hydrogen-bond donors (Lipinski definition) is 5. The maximum Gasteiger partial charge on any atom is 0.141 e. The van der Waals surface area contributed by atoms with E-state index in [1.807, 2.05) is 0 Å². The standard InChI is InChI=1S/C7H17FN2O4S/c1-10-15(8,9)6-2-4(12)7(13)5(3-11)14-6/h4-7,10-13H,2-3,9H2,1H3/t4?,5?,6-,7+/m1/s1. The number of hydrogen-bond acceptors (Lipinski definition) is 6. The summed E-state index contributed by atoms with van der Waals surface area (Å²) in [6.45, 7) is -0.492. The number of rotatable bonds is 3. The Labute approximate surface area is 89.1 Å². The fourth-order valence-electron chi connectivity index (χ4n) is 1.42. The van der Waals surface area contributed by atoms with E-state index in [4.69, 9.17) is 15.0 Å². The molecule has 1 rings (SSSR count). The Kier molecular flexibility index (Phi) is 4.29. The van der Waals surface area contributed by atoms with Crippen molar-refractivity contribution in [1.82, 2.24) is 4.72 Å². The molecule has 15 heavy (non-hydrogen) atoms. The van der Waals surface area contributed by atoms with Gasteiger partial charge in [0, 0.05) is 17.2 Å². The van der Waals surface area contributed by atoms with Gasteiger partial charge < -0.3 is 20.1 Å². The van der Waals surface area contributed by atoms with Crippen molar-refractivity contribution in [3.8, 4) is 0 Å². The highest BCUT2D eigenvalue weighted by Crippen LogP contribution is 2.46. The fraction of sp³-hybridized carbons (Fsp3) is 1.00. The molecule has 0 radical (unpaired) electrons. The van der Waals surface area contributed by atoms with Crippen LogP contribution in [0.15, 0.2) is 0 Å². The number of nitrogens with one attached hydrogen (secondary N) is 1. The first kappa shape index (κ1) is 13.1. The lowest BCUT2D eigenvalue weighted by Crippen LogP contribution is -2.52. The van der Waals surface area contributed by atoms with Gasteiger partial charge >= 0.3 is 0 Å². The van der Waals surface area contributed by atoms with Crippen LogP contribution in [-0.4, -0.2) is 52.7 Å². The molecule has 1 aliphatic rings. The summed E-state index contributed by atoms with van der Waals surface area (Å²) in [7, 11) is -1.82. The average molecular weight is 244 g/mol. The molecule has 1 fully saturated rings. The molecule has 5 atom stereocenters. The summed E-state index contributed by atoms with van der Waals surface area (Å²) in [4.78, 5) is 0. The number of ether oxygens (including phenoxy) is 1. The van der Waals surface area contributed by atoms with Crippen molar-refractivity contribution < 1.29 is 23.9 Å². The van der Waals surface area contributed by atoms with Gasteiger partial charge in [-0.15, -0.1) is 0 Å². The van der Waals surface area contributed by atoms with E-state index in [-0.39, 0.29) is 6.42 Å². The Morgan fingerprint density at radius 2 is 2.20 bits per heavy atom. The molecule has 0 aromatic heterocycles. The maximum absolute atomic E-state index is 13.7. The minimum atomic E-state index is -3.18. The Hall–Kier alpha value is 0.0400. The van der Waals surface area contributed by atoms with Crippen LogP contribution in [0, 0.1) is 0 Å². The molecule has 0 spiro atoms. The molecule has 6 nitrogen and oxygen atoms in total. The first-order valence-corrected chi connectivity index (χ1v) is 6.18. The van der Waals surface area contributed by atoms with Gasteiger partial charge in [-0.1, -0.05) is 0 Å². The molecular weight excluding hydrogens is 227 g/mol. The highest BCUT2D eigenvalue weighted by molar-refractivity contribution is 8.26. The lowest BCUT2D eigenvalue weighted by Gasteiger charge is -2.42. The van der Waals surface area contributed by atoms with Gasteiger partial charge in [0.05, 0.1) is 12.7 Å². The molecule has 0 saturated carbocycles. The molecule has 92 valence electrons. The largest absolute Gasteiger partial charge is 0.394 e. The Balaban J connectivity index is 2.71. The summed E-state index contributed by atoms with van der Waals surface area (Å²) in [6.07, 6.45) is -3.45. The van der Waals surface area contributed by atoms with E-state index in [0.29, 0.717) is 0 Å². The third-order valence-electron chi connectivity index (χ3n) is 2.41. The van der Waals surface area contributed by atoms with Crippen molar-refractivity contribution in [3.63, 3.8) is 0 Å². The van der Waals surface area contributed by atoms with E-state index in [1.165, 1.54) is 7.05 Å². The quantitative estimate of drug-likeness (QED) is 0.414. The summed E-state index contributed by atoms with van der Waals surface area (Å²) >= 11 is 0. The van der Waals surface area contributed by atoms with Crippen molar-refractivity contribution in [2.75, 3.05) is 13.7 Å². The molecular formula is C7H17FN2O4S. The van der Waals surface area contributed by atoms with Crippen LogP contribution in [0.3, 0.4) is 0 Å². The van der Waals surface area contributed by atoms with Crippen molar-refractivity contribution >= 4 is 10.8 Å². The molecule has 1 saturated heterocycles. The Bertz CT molecular complexity index is 221. The van der Waals surface area contributed by atoms with E-state index in [0.717, 1.165) is 0 Å². The predicted molar refractivity (Wildman–Crippen MR) is 54.3 cm³/mol. The van der Waals surface area contributed by atoms with Gasteiger partial charge in [-0.25, -0.2) is 4.72 Å². The maximum atomic E-state index is 13.7. The van der Waals surface area contributed by atoms with Crippen LogP contribution in [0.5, 0.6) is 0 Å². The van der Waals surface area contributed by atoms with Gasteiger partial charge in [-0.3, -0.25) is 5.14 Å². The molecule has 0 aliphatic carbocycles. The Morgan fingerprint density at radius 3 is 2.67 bits per heavy atom. The van der Waals surface area contributed by atoms with Crippen LogP contribution in [0.2, 0.25) is 0 Å². The second-order valence-electron chi connectivity index (χ2n) is 3.41. The summed E-state index contributed by atoms with van der Waals surface area (Å²) in [5.41, 5.74) is -1.03. The zero-order valence-electron chi connectivity index (χ0n) is 8.34. The third kappa shape index (κ3) is 2.78. The molecule has 0 bridgehead atoms. The first-order valence-electron chi connectivity index (χ1n) is 4.53. The van der Waals surface area contributed by atoms with Crippen molar-refractivity contribution in [2.24, 2.45) is 5.14 Å². The smallest absolute Gasteiger partial charge is 0.141 e. The predicted octanol–water partition coefficient (Wildman–Crippen LogP) is -1.49. The van der Waals surface area contributed by atoms with Crippen LogP contribution in [-0.2, 0) is 4.74 Å². The molecule has 3 unspecified atom stereocenters. The monoisotopic (exact) mass is 244 g/mol. The van der Waals surface area contributed by atoms with Gasteiger partial charge in [0.25, 0.3) is 0 Å². The fourth-order valence-corrected chi connectivity index (χ4v) is 2.46. The summed E-state index contributed by atoms with van der Waals surface area (Å²) < 4.78 is 21.0. The van der Waals surface area contributed by atoms with E-state index in [1.54, 1.807) is 0 Å². The minimum Gasteiger partial charge on any atom is -0.394 e. The molecule has 0 aromatic rings. The van der Waals surface area contributed by atoms with Crippen LogP contribution in [0.1, 0.15) is 6.42 Å². The molecule has 0 aromatic carbocycles. The van der Waals surface area contributed by atoms with E-state index >= 15 is 0 Å². The van der Waals surface area contributed by atoms with Gasteiger partial charge in [0.1, 0.15) is 17.6 Å². The van der Waals surface area contributed by atoms with Gasteiger partial charge in [-0.05, 0) is 7.05 Å². The molecule has 8 heteroatoms. The molecule has 1 heterocycles. The molecule has 0 amide bonds. The van der Waals surface area contributed by atoms with Crippen molar-refractivity contribution in [1.29, 1.82) is 0 Å². The topological polar surface area (TPSA) is 108 Å². The summed E-state index contributed by atoms with van der Waals surface area (Å²) in [5.74, 6) is 0. The van der Waals surface area contributed by atoms with Crippen molar-refractivity contribution in [3.05, 3.63) is 0 Å². The second kappa shape index (κ2) is 4.91. The third-order valence-corrected chi connectivity index (χ3v) is 4.11. The zero-order valence-corrected chi connectivity index (χ0v) is 9.15. The van der Waals surface area contributed by atoms with Gasteiger partial charge in [0.15, 0.2) is 0 Å². The SMILES string of the molecule is CNS(N)(F)[C@@H]1CC(O)[C@H](O)C(CO)O1. The average Bonchev–Trinajstić information content (AvgIpc) is 2.21. The minimum absolute atomic E-state index is 0.0964. The Morgan fingerprint density at radius 1 is 1.60 bits per heavy atom. The van der Waals surface area contributed by atoms with Crippen LogP contribution in [0.25, 0.3) is 0 Å². The van der Waals surface area contributed by atoms with E-state index in [9.17, 15) is 14.1 Å². The number of aliphatic hydroxyl groups is 3. The van der Waals surface area contributed by atoms with Crippen LogP contribution < -0.4 is 9.86 Å². The lowest BCUT2D eigenvalue weighted by atomic mass is 10.0. The van der Waals surface area contributed by atoms with Crippen LogP contribution in [0.4, 0.5) is 3.89 Å². The normalized spacial score (nSPS) is 43.3. The number of aliphatic hydroxyl groups excluding tert-OH is 3. The molecule has 1 aliphatic heterocycles. The zero-order chi connectivity index (χ0) is 11.6. The highest BCUT2D eigenvalue weighted by atomic mass is 32.3. The molecule has 6 N–H and O–H groups in total. The first-order chi connectivity index (χ1) is 6.92. The van der Waals surface area contributed by atoms with E-state index in [2.05, 4.69) is 4.72 Å². The number of nitrogens with two attached hydrogens (primary N) is 1. The highest BCUT2D eigenvalue weighted by Gasteiger charge is 2.42. The van der Waals surface area contributed by atoms with Gasteiger partial charge in [0.2, 0.25) is 0 Å². The second-order valence-corrected chi connectivity index (χ2v) is 5.60. The van der Waals surface area contributed by atoms with E-state index < -0.39 is 41.1 Å². The summed E-state index contributed by atoms with van der Waals surface area (Å²) in [5, 5.41) is 33.0. The van der Waals surface area contributed by atoms with Crippen molar-refractivity contribution in [2.45, 2.75) is 30.2 Å². The lowest BCUT2D eigenvalue weighted by molar-refractivity contribution is -0.159. The summed E-state index contributed by atoms with van der Waals surface area (Å²) in [6, 6.07) is 0. The number of halogens is 1. The van der Waals surface area contributed by atoms with Crippen LogP contribution >= 0.6 is 10.8 Å². The van der Waals surface area contributed by atoms with Gasteiger partial charge in [-0.2, -0.15) is 3.89 Å².